The minimum atomic E-state index is -0.129. The van der Waals surface area contributed by atoms with E-state index in [9.17, 15) is 4.79 Å². The van der Waals surface area contributed by atoms with Crippen molar-refractivity contribution in [1.29, 1.82) is 0 Å². The fraction of sp³-hybridized carbons (Fsp3) is 0.346. The Morgan fingerprint density at radius 2 is 1.88 bits per heavy atom. The number of aryl methyl sites for hydroxylation is 3. The van der Waals surface area contributed by atoms with E-state index in [1.807, 2.05) is 26.8 Å². The average Bonchev–Trinajstić information content (AvgIpc) is 3.20. The molecular formula is C26H30N4O2. The maximum Gasteiger partial charge on any atom is 0.221 e. The number of aromatic nitrogens is 3. The number of amides is 1. The second-order valence-corrected chi connectivity index (χ2v) is 8.93. The molecule has 0 bridgehead atoms. The van der Waals surface area contributed by atoms with Crippen LogP contribution in [0.25, 0.3) is 22.2 Å². The summed E-state index contributed by atoms with van der Waals surface area (Å²) in [5, 5.41) is 7.07. The van der Waals surface area contributed by atoms with E-state index in [-0.39, 0.29) is 5.91 Å². The summed E-state index contributed by atoms with van der Waals surface area (Å²) in [6, 6.07) is 12.8. The summed E-state index contributed by atoms with van der Waals surface area (Å²) in [5.41, 5.74) is 7.74. The first kappa shape index (κ1) is 21.8. The minimum Gasteiger partial charge on any atom is -0.361 e. The molecule has 0 aliphatic heterocycles. The van der Waals surface area contributed by atoms with Gasteiger partial charge in [-0.2, -0.15) is 0 Å². The lowest BCUT2D eigenvalue weighted by Crippen LogP contribution is -2.07. The summed E-state index contributed by atoms with van der Waals surface area (Å²) in [5.74, 6) is 2.13. The van der Waals surface area contributed by atoms with Crippen molar-refractivity contribution in [3.63, 3.8) is 0 Å². The molecule has 2 heterocycles. The average molecular weight is 431 g/mol. The molecule has 1 amide bonds. The Bertz CT molecular complexity index is 1280. The van der Waals surface area contributed by atoms with Gasteiger partial charge in [-0.1, -0.05) is 43.3 Å². The standard InChI is InChI=1S/C26H30N4O2/c1-15(2)10-20-8-7-9-21(11-20)14-30-18(5)27-26-23(28-19(6)31)12-22(13-24(26)30)25-16(3)29-32-17(25)4/h7-9,11-13,15H,10,14H2,1-6H3,(H,28,31). The van der Waals surface area contributed by atoms with Gasteiger partial charge in [0.05, 0.1) is 16.9 Å². The second kappa shape index (κ2) is 8.61. The van der Waals surface area contributed by atoms with E-state index in [0.717, 1.165) is 45.9 Å². The van der Waals surface area contributed by atoms with Crippen LogP contribution in [0.2, 0.25) is 0 Å². The van der Waals surface area contributed by atoms with Gasteiger partial charge in [0.2, 0.25) is 5.91 Å². The van der Waals surface area contributed by atoms with E-state index in [4.69, 9.17) is 9.51 Å². The number of anilines is 1. The highest BCUT2D eigenvalue weighted by Crippen LogP contribution is 2.35. The molecule has 166 valence electrons. The monoisotopic (exact) mass is 430 g/mol. The molecule has 0 aliphatic carbocycles. The number of hydrogen-bond donors (Lipinski definition) is 1. The summed E-state index contributed by atoms with van der Waals surface area (Å²) in [6.07, 6.45) is 1.06. The van der Waals surface area contributed by atoms with Crippen molar-refractivity contribution in [3.8, 4) is 11.1 Å². The molecule has 0 atom stereocenters. The van der Waals surface area contributed by atoms with Gasteiger partial charge in [0.25, 0.3) is 0 Å². The van der Waals surface area contributed by atoms with E-state index < -0.39 is 0 Å². The molecule has 4 rings (SSSR count). The van der Waals surface area contributed by atoms with Gasteiger partial charge in [-0.25, -0.2) is 4.98 Å². The highest BCUT2D eigenvalue weighted by Gasteiger charge is 2.19. The van der Waals surface area contributed by atoms with Gasteiger partial charge in [-0.15, -0.1) is 0 Å². The van der Waals surface area contributed by atoms with Crippen LogP contribution in [-0.2, 0) is 17.8 Å². The predicted octanol–water partition coefficient (Wildman–Crippen LogP) is 5.82. The molecule has 0 spiro atoms. The van der Waals surface area contributed by atoms with Crippen molar-refractivity contribution in [2.75, 3.05) is 5.32 Å². The van der Waals surface area contributed by atoms with Crippen LogP contribution in [0.4, 0.5) is 5.69 Å². The number of nitrogens with zero attached hydrogens (tertiary/aromatic N) is 3. The molecule has 6 nitrogen and oxygen atoms in total. The lowest BCUT2D eigenvalue weighted by Gasteiger charge is -2.12. The second-order valence-electron chi connectivity index (χ2n) is 8.93. The third-order valence-corrected chi connectivity index (χ3v) is 5.65. The zero-order valence-corrected chi connectivity index (χ0v) is 19.6. The highest BCUT2D eigenvalue weighted by molar-refractivity contribution is 6.01. The van der Waals surface area contributed by atoms with Crippen LogP contribution >= 0.6 is 0 Å². The predicted molar refractivity (Wildman–Crippen MR) is 128 cm³/mol. The molecule has 0 radical (unpaired) electrons. The van der Waals surface area contributed by atoms with Crippen molar-refractivity contribution in [1.82, 2.24) is 14.7 Å². The van der Waals surface area contributed by atoms with Crippen LogP contribution < -0.4 is 5.32 Å². The molecule has 32 heavy (non-hydrogen) atoms. The highest BCUT2D eigenvalue weighted by atomic mass is 16.5. The maximum atomic E-state index is 11.9. The van der Waals surface area contributed by atoms with Crippen molar-refractivity contribution in [2.45, 2.75) is 54.5 Å². The Labute approximate surface area is 188 Å². The third kappa shape index (κ3) is 4.31. The van der Waals surface area contributed by atoms with E-state index in [1.165, 1.54) is 18.1 Å². The Balaban J connectivity index is 1.86. The number of hydrogen-bond acceptors (Lipinski definition) is 4. The number of nitrogens with one attached hydrogen (secondary N) is 1. The van der Waals surface area contributed by atoms with Gasteiger partial charge >= 0.3 is 0 Å². The van der Waals surface area contributed by atoms with Crippen LogP contribution in [0, 0.1) is 26.7 Å². The Morgan fingerprint density at radius 1 is 1.12 bits per heavy atom. The first-order chi connectivity index (χ1) is 15.2. The molecule has 0 fully saturated rings. The molecule has 0 unspecified atom stereocenters. The van der Waals surface area contributed by atoms with Crippen molar-refractivity contribution in [3.05, 3.63) is 64.8 Å². The number of carbonyl (C=O) groups excluding carboxylic acids is 1. The van der Waals surface area contributed by atoms with Crippen molar-refractivity contribution >= 4 is 22.6 Å². The van der Waals surface area contributed by atoms with Crippen LogP contribution in [0.1, 0.15) is 49.2 Å². The van der Waals surface area contributed by atoms with Gasteiger partial charge in [-0.3, -0.25) is 4.79 Å². The first-order valence-corrected chi connectivity index (χ1v) is 11.0. The van der Waals surface area contributed by atoms with Crippen LogP contribution in [0.15, 0.2) is 40.9 Å². The first-order valence-electron chi connectivity index (χ1n) is 11.0. The van der Waals surface area contributed by atoms with E-state index in [2.05, 4.69) is 59.2 Å². The fourth-order valence-electron chi connectivity index (χ4n) is 4.37. The zero-order valence-electron chi connectivity index (χ0n) is 19.6. The summed E-state index contributed by atoms with van der Waals surface area (Å²) in [6.45, 7) is 12.5. The molecule has 1 N–H and O–H groups in total. The van der Waals surface area contributed by atoms with Crippen LogP contribution in [-0.4, -0.2) is 20.6 Å². The largest absolute Gasteiger partial charge is 0.361 e. The lowest BCUT2D eigenvalue weighted by molar-refractivity contribution is -0.114. The van der Waals surface area contributed by atoms with Crippen molar-refractivity contribution in [2.24, 2.45) is 5.92 Å². The smallest absolute Gasteiger partial charge is 0.221 e. The SMILES string of the molecule is CC(=O)Nc1cc(-c2c(C)noc2C)cc2c1nc(C)n2Cc1cccc(CC(C)C)c1. The Hall–Kier alpha value is -3.41. The molecule has 6 heteroatoms. The molecule has 4 aromatic rings. The molecule has 0 saturated heterocycles. The summed E-state index contributed by atoms with van der Waals surface area (Å²) < 4.78 is 7.60. The summed E-state index contributed by atoms with van der Waals surface area (Å²) >= 11 is 0. The Morgan fingerprint density at radius 3 is 2.53 bits per heavy atom. The number of benzene rings is 2. The van der Waals surface area contributed by atoms with E-state index in [1.54, 1.807) is 0 Å². The minimum absolute atomic E-state index is 0.129. The Kier molecular flexibility index (Phi) is 5.87. The molecule has 2 aromatic heterocycles. The number of imidazole rings is 1. The lowest BCUT2D eigenvalue weighted by atomic mass is 10.0. The molecular weight excluding hydrogens is 400 g/mol. The normalized spacial score (nSPS) is 11.5. The maximum absolute atomic E-state index is 11.9. The number of fused-ring (bicyclic) bond motifs is 1. The third-order valence-electron chi connectivity index (χ3n) is 5.65. The molecule has 0 saturated carbocycles. The van der Waals surface area contributed by atoms with E-state index in [0.29, 0.717) is 18.2 Å². The van der Waals surface area contributed by atoms with Crippen LogP contribution in [0.5, 0.6) is 0 Å². The van der Waals surface area contributed by atoms with E-state index >= 15 is 0 Å². The topological polar surface area (TPSA) is 73.0 Å². The van der Waals surface area contributed by atoms with Crippen molar-refractivity contribution < 1.29 is 9.32 Å². The number of carbonyl (C=O) groups is 1. The molecule has 0 aliphatic rings. The van der Waals surface area contributed by atoms with Gasteiger partial charge in [0, 0.05) is 19.0 Å². The summed E-state index contributed by atoms with van der Waals surface area (Å²) in [7, 11) is 0. The van der Waals surface area contributed by atoms with Gasteiger partial charge in [-0.05, 0) is 61.9 Å². The quantitative estimate of drug-likeness (QED) is 0.418. The van der Waals surface area contributed by atoms with Gasteiger partial charge in [0.1, 0.15) is 17.1 Å². The molecule has 2 aromatic carbocycles. The number of rotatable bonds is 6. The van der Waals surface area contributed by atoms with Gasteiger partial charge < -0.3 is 14.4 Å². The summed E-state index contributed by atoms with van der Waals surface area (Å²) in [4.78, 5) is 16.7. The zero-order chi connectivity index (χ0) is 23.0. The van der Waals surface area contributed by atoms with Crippen LogP contribution in [0.3, 0.4) is 0 Å². The fourth-order valence-corrected chi connectivity index (χ4v) is 4.37. The van der Waals surface area contributed by atoms with Gasteiger partial charge in [0.15, 0.2) is 0 Å².